The summed E-state index contributed by atoms with van der Waals surface area (Å²) in [4.78, 5) is 2.84. The molecule has 1 aromatic heterocycles. The zero-order valence-corrected chi connectivity index (χ0v) is 25.3. The number of hydrogen-bond donors (Lipinski definition) is 0. The molecule has 0 N–H and O–H groups in total. The Bertz CT molecular complexity index is 1780. The molecule has 194 valence electrons. The minimum absolute atomic E-state index is 0.199. The Hall–Kier alpha value is -2.84. The fraction of sp³-hybridized carbons (Fsp3) is 0.361. The Morgan fingerprint density at radius 1 is 0.763 bits per heavy atom. The molecule has 0 aliphatic carbocycles. The van der Waals surface area contributed by atoms with Crippen LogP contribution in [0, 0.1) is 24.7 Å². The van der Waals surface area contributed by atoms with E-state index >= 15 is 0 Å². The summed E-state index contributed by atoms with van der Waals surface area (Å²) < 4.78 is 2.36. The molecule has 1 aliphatic rings. The summed E-state index contributed by atoms with van der Waals surface area (Å²) in [5, 5.41) is 8.32. The van der Waals surface area contributed by atoms with Gasteiger partial charge in [-0.1, -0.05) is 89.7 Å². The number of aryl methyl sites for hydroxylation is 3. The van der Waals surface area contributed by atoms with E-state index in [1.165, 1.54) is 75.6 Å². The first kappa shape index (κ1) is 25.4. The van der Waals surface area contributed by atoms with E-state index in [1.807, 2.05) is 11.8 Å². The van der Waals surface area contributed by atoms with Crippen LogP contribution in [0.1, 0.15) is 63.8 Å². The van der Waals surface area contributed by atoms with Crippen molar-refractivity contribution >= 4 is 44.1 Å². The van der Waals surface area contributed by atoms with E-state index in [0.717, 1.165) is 12.8 Å². The van der Waals surface area contributed by atoms with Crippen molar-refractivity contribution in [1.82, 2.24) is 0 Å². The Balaban J connectivity index is 1.74. The fourth-order valence-electron chi connectivity index (χ4n) is 6.47. The van der Waals surface area contributed by atoms with Crippen molar-refractivity contribution in [1.29, 1.82) is 0 Å². The second-order valence-electron chi connectivity index (χ2n) is 13.9. The quantitative estimate of drug-likeness (QED) is 0.163. The van der Waals surface area contributed by atoms with E-state index < -0.39 is 0 Å². The second kappa shape index (κ2) is 8.58. The first-order valence-corrected chi connectivity index (χ1v) is 14.7. The smallest absolute Gasteiger partial charge is 0.200 e. The van der Waals surface area contributed by atoms with Crippen LogP contribution in [0.4, 0.5) is 0 Å². The topological polar surface area (TPSA) is 3.88 Å². The lowest BCUT2D eigenvalue weighted by molar-refractivity contribution is -0.659. The van der Waals surface area contributed by atoms with Crippen LogP contribution in [0.2, 0.25) is 0 Å². The predicted molar refractivity (Wildman–Crippen MR) is 165 cm³/mol. The molecule has 0 saturated carbocycles. The van der Waals surface area contributed by atoms with Gasteiger partial charge in [-0.3, -0.25) is 0 Å². The van der Waals surface area contributed by atoms with Gasteiger partial charge in [0.25, 0.3) is 0 Å². The SMILES string of the molecule is Cc1cc2cc3c4c([n+](C)ccc4c2cc1CC(C)(C)C)-c1c(c(CC(C)(C)C)c2ccccc2c1C)S3. The van der Waals surface area contributed by atoms with Crippen molar-refractivity contribution in [2.24, 2.45) is 17.9 Å². The van der Waals surface area contributed by atoms with E-state index in [9.17, 15) is 0 Å². The molecule has 0 atom stereocenters. The highest BCUT2D eigenvalue weighted by Gasteiger charge is 2.33. The molecule has 1 nitrogen and oxygen atoms in total. The molecular formula is C36H40NS+. The second-order valence-corrected chi connectivity index (χ2v) is 14.9. The van der Waals surface area contributed by atoms with Crippen LogP contribution in [-0.2, 0) is 19.9 Å². The summed E-state index contributed by atoms with van der Waals surface area (Å²) in [6.07, 6.45) is 4.42. The Morgan fingerprint density at radius 3 is 2.13 bits per heavy atom. The number of hydrogen-bond acceptors (Lipinski definition) is 1. The lowest BCUT2D eigenvalue weighted by Gasteiger charge is -2.28. The summed E-state index contributed by atoms with van der Waals surface area (Å²) in [5.41, 5.74) is 9.01. The van der Waals surface area contributed by atoms with Gasteiger partial charge in [0, 0.05) is 21.2 Å². The van der Waals surface area contributed by atoms with Crippen LogP contribution in [0.5, 0.6) is 0 Å². The van der Waals surface area contributed by atoms with Gasteiger partial charge in [0.1, 0.15) is 7.05 Å². The average molecular weight is 519 g/mol. The van der Waals surface area contributed by atoms with E-state index in [-0.39, 0.29) is 10.8 Å². The minimum atomic E-state index is 0.199. The molecule has 2 heterocycles. The van der Waals surface area contributed by atoms with Gasteiger partial charge < -0.3 is 0 Å². The number of fused-ring (bicyclic) bond motifs is 5. The van der Waals surface area contributed by atoms with E-state index in [0.29, 0.717) is 0 Å². The van der Waals surface area contributed by atoms with Gasteiger partial charge in [-0.05, 0) is 87.4 Å². The van der Waals surface area contributed by atoms with Crippen LogP contribution in [0.3, 0.4) is 0 Å². The third kappa shape index (κ3) is 4.13. The predicted octanol–water partition coefficient (Wildman–Crippen LogP) is 9.90. The highest BCUT2D eigenvalue weighted by molar-refractivity contribution is 8.00. The summed E-state index contributed by atoms with van der Waals surface area (Å²) in [5.74, 6) is 0. The number of benzene rings is 4. The molecule has 0 fully saturated rings. The maximum absolute atomic E-state index is 2.48. The van der Waals surface area contributed by atoms with Crippen molar-refractivity contribution < 1.29 is 4.57 Å². The average Bonchev–Trinajstić information content (AvgIpc) is 2.82. The molecule has 6 rings (SSSR count). The monoisotopic (exact) mass is 518 g/mol. The number of nitrogens with zero attached hydrogens (tertiary/aromatic N) is 1. The lowest BCUT2D eigenvalue weighted by atomic mass is 9.82. The number of aromatic nitrogens is 1. The molecule has 2 heteroatoms. The number of pyridine rings is 1. The van der Waals surface area contributed by atoms with Gasteiger partial charge in [-0.25, -0.2) is 4.57 Å². The van der Waals surface area contributed by atoms with Crippen LogP contribution < -0.4 is 4.57 Å². The maximum Gasteiger partial charge on any atom is 0.222 e. The zero-order valence-electron chi connectivity index (χ0n) is 24.5. The van der Waals surface area contributed by atoms with E-state index in [1.54, 1.807) is 0 Å². The number of rotatable bonds is 2. The molecule has 4 aromatic carbocycles. The third-order valence-corrected chi connectivity index (χ3v) is 9.26. The van der Waals surface area contributed by atoms with Crippen molar-refractivity contribution in [3.05, 3.63) is 77.0 Å². The maximum atomic E-state index is 2.48. The summed E-state index contributed by atoms with van der Waals surface area (Å²) in [6, 6.07) is 18.8. The van der Waals surface area contributed by atoms with Gasteiger partial charge in [0.05, 0.1) is 10.9 Å². The standard InChI is InChI=1S/C36H40NS/c1-21-16-23-18-30-32-27(28(23)17-24(21)19-35(3,4)5)14-15-37(9)33(32)31-22(2)25-12-10-11-13-26(25)29(34(31)38-30)20-36(6,7)8/h10-18H,19-20H2,1-9H3/q+1. The first-order chi connectivity index (χ1) is 17.8. The third-order valence-electron chi connectivity index (χ3n) is 8.06. The van der Waals surface area contributed by atoms with E-state index in [4.69, 9.17) is 0 Å². The fourth-order valence-corrected chi connectivity index (χ4v) is 7.84. The van der Waals surface area contributed by atoms with Crippen molar-refractivity contribution in [3.63, 3.8) is 0 Å². The molecule has 1 aliphatic heterocycles. The molecule has 0 unspecified atom stereocenters. The van der Waals surface area contributed by atoms with Crippen LogP contribution in [0.15, 0.2) is 64.5 Å². The molecular weight excluding hydrogens is 478 g/mol. The first-order valence-electron chi connectivity index (χ1n) is 13.9. The lowest BCUT2D eigenvalue weighted by Crippen LogP contribution is -2.32. The van der Waals surface area contributed by atoms with E-state index in [2.05, 4.69) is 122 Å². The Morgan fingerprint density at radius 2 is 1.45 bits per heavy atom. The molecule has 0 spiro atoms. The molecule has 38 heavy (non-hydrogen) atoms. The normalized spacial score (nSPS) is 13.5. The highest BCUT2D eigenvalue weighted by atomic mass is 32.2. The Kier molecular flexibility index (Phi) is 5.74. The molecule has 5 aromatic rings. The molecule has 0 radical (unpaired) electrons. The van der Waals surface area contributed by atoms with Crippen LogP contribution in [0.25, 0.3) is 43.6 Å². The van der Waals surface area contributed by atoms with Crippen LogP contribution >= 0.6 is 11.8 Å². The van der Waals surface area contributed by atoms with Gasteiger partial charge in [0.15, 0.2) is 6.20 Å². The molecule has 0 bridgehead atoms. The zero-order chi connectivity index (χ0) is 27.1. The molecule has 0 amide bonds. The van der Waals surface area contributed by atoms with Gasteiger partial charge >= 0.3 is 0 Å². The van der Waals surface area contributed by atoms with Gasteiger partial charge in [0.2, 0.25) is 5.69 Å². The van der Waals surface area contributed by atoms with Crippen LogP contribution in [-0.4, -0.2) is 0 Å². The summed E-state index contributed by atoms with van der Waals surface area (Å²) in [7, 11) is 2.22. The van der Waals surface area contributed by atoms with Crippen molar-refractivity contribution in [3.8, 4) is 11.3 Å². The Labute approximate surface area is 232 Å². The molecule has 0 saturated heterocycles. The summed E-state index contributed by atoms with van der Waals surface area (Å²) in [6.45, 7) is 18.7. The minimum Gasteiger partial charge on any atom is -0.200 e. The summed E-state index contributed by atoms with van der Waals surface area (Å²) >= 11 is 2.00. The van der Waals surface area contributed by atoms with Crippen molar-refractivity contribution in [2.45, 2.75) is 78.0 Å². The highest BCUT2D eigenvalue weighted by Crippen LogP contribution is 2.53. The van der Waals surface area contributed by atoms with Gasteiger partial charge in [-0.2, -0.15) is 0 Å². The van der Waals surface area contributed by atoms with Crippen molar-refractivity contribution in [2.75, 3.05) is 0 Å². The largest absolute Gasteiger partial charge is 0.222 e. The van der Waals surface area contributed by atoms with Gasteiger partial charge in [-0.15, -0.1) is 0 Å².